The molecule has 0 radical (unpaired) electrons. The lowest BCUT2D eigenvalue weighted by molar-refractivity contribution is -0.145. The van der Waals surface area contributed by atoms with Crippen LogP contribution in [0.4, 0.5) is 0 Å². The molecule has 1 aliphatic rings. The molecule has 0 aromatic heterocycles. The van der Waals surface area contributed by atoms with Crippen LogP contribution in [0.25, 0.3) is 0 Å². The molecule has 1 fully saturated rings. The van der Waals surface area contributed by atoms with Gasteiger partial charge in [0.25, 0.3) is 0 Å². The van der Waals surface area contributed by atoms with Crippen molar-refractivity contribution in [2.24, 2.45) is 11.8 Å². The fourth-order valence-electron chi connectivity index (χ4n) is 1.48. The number of carbonyl (C=O) groups excluding carboxylic acids is 1. The molecule has 60 valence electrons. The van der Waals surface area contributed by atoms with E-state index in [9.17, 15) is 4.79 Å². The quantitative estimate of drug-likeness (QED) is 0.530. The number of nitriles is 1. The Labute approximate surface area is 66.0 Å². The van der Waals surface area contributed by atoms with Gasteiger partial charge in [-0.05, 0) is 19.3 Å². The van der Waals surface area contributed by atoms with E-state index in [1.54, 1.807) is 0 Å². The van der Waals surface area contributed by atoms with E-state index in [0.717, 1.165) is 12.8 Å². The second-order valence-corrected chi connectivity index (χ2v) is 2.86. The van der Waals surface area contributed by atoms with Crippen LogP contribution in [0.3, 0.4) is 0 Å². The molecule has 1 saturated carbocycles. The number of ether oxygens (including phenoxy) is 1. The van der Waals surface area contributed by atoms with Gasteiger partial charge >= 0.3 is 5.97 Å². The zero-order valence-corrected chi connectivity index (χ0v) is 6.54. The number of methoxy groups -OCH3 is 1. The summed E-state index contributed by atoms with van der Waals surface area (Å²) in [5.74, 6) is -0.119. The number of hydrogen-bond donors (Lipinski definition) is 0. The molecule has 0 aliphatic heterocycles. The predicted molar refractivity (Wildman–Crippen MR) is 38.5 cm³/mol. The van der Waals surface area contributed by atoms with Gasteiger partial charge in [-0.1, -0.05) is 0 Å². The Morgan fingerprint density at radius 2 is 2.36 bits per heavy atom. The summed E-state index contributed by atoms with van der Waals surface area (Å²) in [5.41, 5.74) is 0. The molecule has 0 saturated heterocycles. The topological polar surface area (TPSA) is 50.1 Å². The predicted octanol–water partition coefficient (Wildman–Crippen LogP) is 1.10. The van der Waals surface area contributed by atoms with E-state index in [0.29, 0.717) is 6.42 Å². The molecule has 1 aliphatic carbocycles. The van der Waals surface area contributed by atoms with Gasteiger partial charge in [-0.25, -0.2) is 0 Å². The van der Waals surface area contributed by atoms with Crippen LogP contribution >= 0.6 is 0 Å². The molecule has 0 bridgehead atoms. The first-order valence-corrected chi connectivity index (χ1v) is 3.75. The van der Waals surface area contributed by atoms with Crippen LogP contribution in [0.15, 0.2) is 0 Å². The maximum absolute atomic E-state index is 10.9. The third kappa shape index (κ3) is 1.70. The van der Waals surface area contributed by atoms with Gasteiger partial charge in [0, 0.05) is 5.92 Å². The third-order valence-electron chi connectivity index (χ3n) is 2.15. The van der Waals surface area contributed by atoms with Crippen molar-refractivity contribution in [1.82, 2.24) is 0 Å². The normalized spacial score (nSPS) is 29.5. The van der Waals surface area contributed by atoms with Crippen LogP contribution < -0.4 is 0 Å². The minimum atomic E-state index is -0.164. The number of esters is 1. The van der Waals surface area contributed by atoms with Gasteiger partial charge in [-0.2, -0.15) is 5.26 Å². The Hall–Kier alpha value is -1.04. The lowest BCUT2D eigenvalue weighted by Crippen LogP contribution is -2.12. The molecular weight excluding hydrogens is 142 g/mol. The smallest absolute Gasteiger partial charge is 0.308 e. The van der Waals surface area contributed by atoms with E-state index in [1.807, 2.05) is 0 Å². The summed E-state index contributed by atoms with van der Waals surface area (Å²) in [6, 6.07) is 2.17. The van der Waals surface area contributed by atoms with Crippen LogP contribution in [0.1, 0.15) is 19.3 Å². The number of carbonyl (C=O) groups is 1. The molecule has 2 unspecified atom stereocenters. The maximum Gasteiger partial charge on any atom is 0.308 e. The summed E-state index contributed by atoms with van der Waals surface area (Å²) < 4.78 is 4.58. The lowest BCUT2D eigenvalue weighted by Gasteiger charge is -2.04. The Balaban J connectivity index is 2.43. The van der Waals surface area contributed by atoms with Crippen LogP contribution in [-0.2, 0) is 9.53 Å². The first kappa shape index (κ1) is 8.06. The van der Waals surface area contributed by atoms with Gasteiger partial charge in [-0.3, -0.25) is 4.79 Å². The van der Waals surface area contributed by atoms with Gasteiger partial charge < -0.3 is 4.74 Å². The largest absolute Gasteiger partial charge is 0.469 e. The zero-order valence-electron chi connectivity index (χ0n) is 6.54. The second-order valence-electron chi connectivity index (χ2n) is 2.86. The van der Waals surface area contributed by atoms with Crippen LogP contribution in [0.2, 0.25) is 0 Å². The third-order valence-corrected chi connectivity index (χ3v) is 2.15. The number of nitrogens with zero attached hydrogens (tertiary/aromatic N) is 1. The van der Waals surface area contributed by atoms with Gasteiger partial charge in [0.1, 0.15) is 0 Å². The van der Waals surface area contributed by atoms with E-state index >= 15 is 0 Å². The fraction of sp³-hybridized carbons (Fsp3) is 0.750. The van der Waals surface area contributed by atoms with E-state index in [1.165, 1.54) is 7.11 Å². The molecule has 0 spiro atoms. The first-order valence-electron chi connectivity index (χ1n) is 3.75. The average molecular weight is 153 g/mol. The lowest BCUT2D eigenvalue weighted by atomic mass is 10.1. The van der Waals surface area contributed by atoms with E-state index in [4.69, 9.17) is 5.26 Å². The summed E-state index contributed by atoms with van der Waals surface area (Å²) in [4.78, 5) is 10.9. The van der Waals surface area contributed by atoms with Crippen molar-refractivity contribution in [1.29, 1.82) is 5.26 Å². The second kappa shape index (κ2) is 3.38. The van der Waals surface area contributed by atoms with Gasteiger partial charge in [0.05, 0.1) is 19.1 Å². The molecule has 0 heterocycles. The Kier molecular flexibility index (Phi) is 2.48. The molecular formula is C8H11NO2. The van der Waals surface area contributed by atoms with Crippen molar-refractivity contribution in [3.8, 4) is 6.07 Å². The Morgan fingerprint density at radius 1 is 1.64 bits per heavy atom. The van der Waals surface area contributed by atoms with Crippen LogP contribution in [0, 0.1) is 23.2 Å². The monoisotopic (exact) mass is 153 g/mol. The van der Waals surface area contributed by atoms with Crippen LogP contribution in [-0.4, -0.2) is 13.1 Å². The Morgan fingerprint density at radius 3 is 2.82 bits per heavy atom. The van der Waals surface area contributed by atoms with E-state index < -0.39 is 0 Å². The molecule has 0 aromatic rings. The zero-order chi connectivity index (χ0) is 8.27. The molecule has 1 rings (SSSR count). The molecule has 0 aromatic carbocycles. The summed E-state index contributed by atoms with van der Waals surface area (Å²) in [7, 11) is 1.39. The van der Waals surface area contributed by atoms with Crippen molar-refractivity contribution in [2.75, 3.05) is 7.11 Å². The van der Waals surface area contributed by atoms with Crippen molar-refractivity contribution in [2.45, 2.75) is 19.3 Å². The highest BCUT2D eigenvalue weighted by Gasteiger charge is 2.30. The molecule has 2 atom stereocenters. The van der Waals surface area contributed by atoms with Crippen LogP contribution in [0.5, 0.6) is 0 Å². The average Bonchev–Trinajstić information content (AvgIpc) is 2.50. The van der Waals surface area contributed by atoms with Gasteiger partial charge in [0.2, 0.25) is 0 Å². The fourth-order valence-corrected chi connectivity index (χ4v) is 1.48. The minimum absolute atomic E-state index is 0.0235. The van der Waals surface area contributed by atoms with E-state index in [2.05, 4.69) is 10.8 Å². The minimum Gasteiger partial charge on any atom is -0.469 e. The SMILES string of the molecule is COC(=O)C1CCC(C#N)C1. The molecule has 11 heavy (non-hydrogen) atoms. The van der Waals surface area contributed by atoms with Crippen molar-refractivity contribution in [3.63, 3.8) is 0 Å². The van der Waals surface area contributed by atoms with Gasteiger partial charge in [-0.15, -0.1) is 0 Å². The molecule has 3 heteroatoms. The summed E-state index contributed by atoms with van der Waals surface area (Å²) in [6.45, 7) is 0. The first-order chi connectivity index (χ1) is 5.27. The maximum atomic E-state index is 10.9. The highest BCUT2D eigenvalue weighted by atomic mass is 16.5. The molecule has 0 N–H and O–H groups in total. The summed E-state index contributed by atoms with van der Waals surface area (Å²) in [5, 5.41) is 8.54. The molecule has 0 amide bonds. The molecule has 3 nitrogen and oxygen atoms in total. The van der Waals surface area contributed by atoms with E-state index in [-0.39, 0.29) is 17.8 Å². The van der Waals surface area contributed by atoms with Crippen molar-refractivity contribution >= 4 is 5.97 Å². The highest BCUT2D eigenvalue weighted by molar-refractivity contribution is 5.72. The summed E-state index contributed by atoms with van der Waals surface area (Å²) in [6.07, 6.45) is 2.34. The number of rotatable bonds is 1. The van der Waals surface area contributed by atoms with Crippen molar-refractivity contribution < 1.29 is 9.53 Å². The standard InChI is InChI=1S/C8H11NO2/c1-11-8(10)7-3-2-6(4-7)5-9/h6-7H,2-4H2,1H3. The summed E-state index contributed by atoms with van der Waals surface area (Å²) >= 11 is 0. The van der Waals surface area contributed by atoms with Gasteiger partial charge in [0.15, 0.2) is 0 Å². The highest BCUT2D eigenvalue weighted by Crippen LogP contribution is 2.30. The van der Waals surface area contributed by atoms with Crippen molar-refractivity contribution in [3.05, 3.63) is 0 Å². The Bertz CT molecular complexity index is 195. The number of hydrogen-bond acceptors (Lipinski definition) is 3.